The molecule has 0 spiro atoms. The first-order valence-corrected chi connectivity index (χ1v) is 3.40. The molecule has 0 radical (unpaired) electrons. The van der Waals surface area contributed by atoms with Gasteiger partial charge in [-0.25, -0.2) is 0 Å². The number of ether oxygens (including phenoxy) is 1. The lowest BCUT2D eigenvalue weighted by Gasteiger charge is -1.93. The summed E-state index contributed by atoms with van der Waals surface area (Å²) in [5.41, 5.74) is 0. The monoisotopic (exact) mass is 138 g/mol. The molecule has 0 unspecified atom stereocenters. The molecule has 0 aromatic carbocycles. The minimum absolute atomic E-state index is 0.460. The van der Waals surface area contributed by atoms with Crippen LogP contribution in [-0.2, 0) is 9.53 Å². The van der Waals surface area contributed by atoms with Crippen LogP contribution < -0.4 is 0 Å². The molecule has 0 fully saturated rings. The second-order valence-corrected chi connectivity index (χ2v) is 2.15. The lowest BCUT2D eigenvalue weighted by atomic mass is 10.2. The summed E-state index contributed by atoms with van der Waals surface area (Å²) in [5, 5.41) is 0. The molecule has 0 saturated carbocycles. The van der Waals surface area contributed by atoms with E-state index in [1.54, 1.807) is 0 Å². The van der Waals surface area contributed by atoms with Crippen LogP contribution in [0.4, 0.5) is 0 Å². The van der Waals surface area contributed by atoms with Crippen LogP contribution in [0.5, 0.6) is 0 Å². The Morgan fingerprint density at radius 2 is 2.40 bits per heavy atom. The Morgan fingerprint density at radius 1 is 1.50 bits per heavy atom. The third-order valence-electron chi connectivity index (χ3n) is 1.39. The van der Waals surface area contributed by atoms with Crippen LogP contribution in [0.15, 0.2) is 24.0 Å². The molecule has 0 aromatic heterocycles. The number of carbonyl (C=O) groups excluding carboxylic acids is 1. The van der Waals surface area contributed by atoms with E-state index >= 15 is 0 Å². The summed E-state index contributed by atoms with van der Waals surface area (Å²) < 4.78 is 4.66. The van der Waals surface area contributed by atoms with Gasteiger partial charge in [-0.3, -0.25) is 4.79 Å². The van der Waals surface area contributed by atoms with E-state index in [1.807, 2.05) is 18.2 Å². The standard InChI is InChI=1S/C8H10O2/c9-7-10-8-5-3-1-2-4-6-8/h3,5-7H,1-2,4H2. The third kappa shape index (κ3) is 2.05. The van der Waals surface area contributed by atoms with Gasteiger partial charge in [0, 0.05) is 0 Å². The fourth-order valence-electron chi connectivity index (χ4n) is 0.891. The van der Waals surface area contributed by atoms with E-state index in [9.17, 15) is 4.79 Å². The Kier molecular flexibility index (Phi) is 2.74. The molecule has 0 saturated heterocycles. The first kappa shape index (κ1) is 7.06. The number of allylic oxidation sites excluding steroid dienone is 3. The Hall–Kier alpha value is -1.05. The molecule has 1 aliphatic carbocycles. The highest BCUT2D eigenvalue weighted by Crippen LogP contribution is 2.09. The van der Waals surface area contributed by atoms with E-state index in [4.69, 9.17) is 0 Å². The molecule has 0 aliphatic heterocycles. The second-order valence-electron chi connectivity index (χ2n) is 2.15. The van der Waals surface area contributed by atoms with Crippen molar-refractivity contribution in [3.8, 4) is 0 Å². The Balaban J connectivity index is 2.52. The summed E-state index contributed by atoms with van der Waals surface area (Å²) >= 11 is 0. The molecule has 0 amide bonds. The molecular formula is C8H10O2. The molecule has 1 aliphatic rings. The van der Waals surface area contributed by atoms with Crippen LogP contribution in [0.3, 0.4) is 0 Å². The summed E-state index contributed by atoms with van der Waals surface area (Å²) in [6.45, 7) is 0.460. The number of hydrogen-bond donors (Lipinski definition) is 0. The van der Waals surface area contributed by atoms with Crippen LogP contribution in [0.2, 0.25) is 0 Å². The zero-order valence-electron chi connectivity index (χ0n) is 5.75. The molecule has 0 bridgehead atoms. The summed E-state index contributed by atoms with van der Waals surface area (Å²) in [4.78, 5) is 9.89. The fourth-order valence-corrected chi connectivity index (χ4v) is 0.891. The van der Waals surface area contributed by atoms with Crippen molar-refractivity contribution < 1.29 is 9.53 Å². The van der Waals surface area contributed by atoms with Gasteiger partial charge in [-0.2, -0.15) is 0 Å². The largest absolute Gasteiger partial charge is 0.429 e. The molecule has 10 heavy (non-hydrogen) atoms. The van der Waals surface area contributed by atoms with E-state index in [-0.39, 0.29) is 0 Å². The summed E-state index contributed by atoms with van der Waals surface area (Å²) in [6, 6.07) is 0. The predicted molar refractivity (Wildman–Crippen MR) is 38.2 cm³/mol. The highest BCUT2D eigenvalue weighted by Gasteiger charge is 1.94. The van der Waals surface area contributed by atoms with Crippen LogP contribution in [0.1, 0.15) is 19.3 Å². The van der Waals surface area contributed by atoms with Gasteiger partial charge in [0.2, 0.25) is 0 Å². The Bertz CT molecular complexity index is 168. The molecule has 1 rings (SSSR count). The minimum Gasteiger partial charge on any atom is -0.429 e. The van der Waals surface area contributed by atoms with Crippen LogP contribution >= 0.6 is 0 Å². The first-order valence-electron chi connectivity index (χ1n) is 3.40. The van der Waals surface area contributed by atoms with E-state index in [0.717, 1.165) is 19.3 Å². The molecule has 2 heteroatoms. The van der Waals surface area contributed by atoms with Gasteiger partial charge in [0.05, 0.1) is 0 Å². The van der Waals surface area contributed by atoms with Crippen molar-refractivity contribution in [2.24, 2.45) is 0 Å². The molecule has 54 valence electrons. The van der Waals surface area contributed by atoms with Gasteiger partial charge in [0.1, 0.15) is 5.76 Å². The zero-order valence-corrected chi connectivity index (χ0v) is 5.75. The van der Waals surface area contributed by atoms with Crippen molar-refractivity contribution in [2.75, 3.05) is 0 Å². The minimum atomic E-state index is 0.460. The lowest BCUT2D eigenvalue weighted by molar-refractivity contribution is -0.124. The maximum absolute atomic E-state index is 9.89. The highest BCUT2D eigenvalue weighted by atomic mass is 16.5. The SMILES string of the molecule is O=COC1=CCCCC=C1. The second kappa shape index (κ2) is 3.88. The van der Waals surface area contributed by atoms with Crippen molar-refractivity contribution in [3.63, 3.8) is 0 Å². The molecule has 0 heterocycles. The molecule has 0 aromatic rings. The van der Waals surface area contributed by atoms with E-state index in [2.05, 4.69) is 4.74 Å². The van der Waals surface area contributed by atoms with Gasteiger partial charge in [0.25, 0.3) is 6.47 Å². The van der Waals surface area contributed by atoms with Gasteiger partial charge in [-0.1, -0.05) is 6.08 Å². The maximum Gasteiger partial charge on any atom is 0.298 e. The fraction of sp³-hybridized carbons (Fsp3) is 0.375. The number of rotatable bonds is 2. The third-order valence-corrected chi connectivity index (χ3v) is 1.39. The molecule has 0 N–H and O–H groups in total. The van der Waals surface area contributed by atoms with Crippen LogP contribution in [0, 0.1) is 0 Å². The maximum atomic E-state index is 9.89. The molecule has 2 nitrogen and oxygen atoms in total. The summed E-state index contributed by atoms with van der Waals surface area (Å²) in [6.07, 6.45) is 8.99. The first-order chi connectivity index (χ1) is 4.93. The van der Waals surface area contributed by atoms with Gasteiger partial charge >= 0.3 is 0 Å². The van der Waals surface area contributed by atoms with Crippen molar-refractivity contribution >= 4 is 6.47 Å². The van der Waals surface area contributed by atoms with E-state index < -0.39 is 0 Å². The van der Waals surface area contributed by atoms with Gasteiger partial charge in [-0.05, 0) is 31.4 Å². The average molecular weight is 138 g/mol. The van der Waals surface area contributed by atoms with Crippen molar-refractivity contribution in [1.82, 2.24) is 0 Å². The number of hydrogen-bond acceptors (Lipinski definition) is 2. The predicted octanol–water partition coefficient (Wildman–Crippen LogP) is 1.78. The summed E-state index contributed by atoms with van der Waals surface area (Å²) in [5.74, 6) is 0.674. The van der Waals surface area contributed by atoms with Gasteiger partial charge < -0.3 is 4.74 Å². The average Bonchev–Trinajstić information content (AvgIpc) is 2.17. The van der Waals surface area contributed by atoms with Crippen LogP contribution in [0.25, 0.3) is 0 Å². The topological polar surface area (TPSA) is 26.3 Å². The number of carbonyl (C=O) groups is 1. The van der Waals surface area contributed by atoms with E-state index in [0.29, 0.717) is 12.2 Å². The van der Waals surface area contributed by atoms with Gasteiger partial charge in [0.15, 0.2) is 0 Å². The van der Waals surface area contributed by atoms with E-state index in [1.165, 1.54) is 0 Å². The molecule has 0 atom stereocenters. The quantitative estimate of drug-likeness (QED) is 0.544. The normalized spacial score (nSPS) is 17.4. The highest BCUT2D eigenvalue weighted by molar-refractivity contribution is 5.41. The van der Waals surface area contributed by atoms with Gasteiger partial charge in [-0.15, -0.1) is 0 Å². The lowest BCUT2D eigenvalue weighted by Crippen LogP contribution is -1.83. The Labute approximate surface area is 60.2 Å². The summed E-state index contributed by atoms with van der Waals surface area (Å²) in [7, 11) is 0. The van der Waals surface area contributed by atoms with Crippen molar-refractivity contribution in [2.45, 2.75) is 19.3 Å². The smallest absolute Gasteiger partial charge is 0.298 e. The molecular weight excluding hydrogens is 128 g/mol. The zero-order chi connectivity index (χ0) is 7.23. The van der Waals surface area contributed by atoms with Crippen molar-refractivity contribution in [1.29, 1.82) is 0 Å². The van der Waals surface area contributed by atoms with Crippen LogP contribution in [-0.4, -0.2) is 6.47 Å². The van der Waals surface area contributed by atoms with Crippen molar-refractivity contribution in [3.05, 3.63) is 24.0 Å². The Morgan fingerprint density at radius 3 is 3.20 bits per heavy atom.